The lowest BCUT2D eigenvalue weighted by Gasteiger charge is -2.33. The molecule has 0 aromatic heterocycles. The van der Waals surface area contributed by atoms with Gasteiger partial charge in [-0.3, -0.25) is 0 Å². The molecule has 2 aliphatic heterocycles. The standard InChI is InChI=1S/C18H28N2O/c1-3-19-14(2)15-8-9-18-16(12-15)6-4-10-20(18)13-17-7-5-11-21-17/h8-9,12,14,17,19H,3-7,10-11,13H2,1-2H3. The van der Waals surface area contributed by atoms with Crippen LogP contribution in [0, 0.1) is 0 Å². The van der Waals surface area contributed by atoms with E-state index in [1.165, 1.54) is 49.0 Å². The summed E-state index contributed by atoms with van der Waals surface area (Å²) in [4.78, 5) is 2.54. The highest BCUT2D eigenvalue weighted by molar-refractivity contribution is 5.57. The molecule has 2 unspecified atom stereocenters. The molecule has 0 saturated carbocycles. The van der Waals surface area contributed by atoms with E-state index in [4.69, 9.17) is 4.74 Å². The number of rotatable bonds is 5. The number of anilines is 1. The van der Waals surface area contributed by atoms with Crippen LogP contribution in [0.1, 0.15) is 50.3 Å². The van der Waals surface area contributed by atoms with Gasteiger partial charge in [0.1, 0.15) is 0 Å². The molecule has 2 heterocycles. The van der Waals surface area contributed by atoms with Gasteiger partial charge in [-0.15, -0.1) is 0 Å². The molecule has 2 aliphatic rings. The van der Waals surface area contributed by atoms with Crippen molar-refractivity contribution in [1.29, 1.82) is 0 Å². The Labute approximate surface area is 128 Å². The van der Waals surface area contributed by atoms with Gasteiger partial charge in [-0.2, -0.15) is 0 Å². The first-order valence-corrected chi connectivity index (χ1v) is 8.50. The minimum Gasteiger partial charge on any atom is -0.376 e. The number of ether oxygens (including phenoxy) is 1. The molecule has 0 radical (unpaired) electrons. The lowest BCUT2D eigenvalue weighted by Crippen LogP contribution is -2.36. The van der Waals surface area contributed by atoms with Gasteiger partial charge in [-0.05, 0) is 56.3 Å². The second-order valence-corrected chi connectivity index (χ2v) is 6.35. The molecule has 1 aromatic rings. The minimum atomic E-state index is 0.439. The molecule has 2 atom stereocenters. The lowest BCUT2D eigenvalue weighted by atomic mass is 9.96. The maximum Gasteiger partial charge on any atom is 0.0750 e. The summed E-state index contributed by atoms with van der Waals surface area (Å²) in [5, 5.41) is 3.50. The van der Waals surface area contributed by atoms with Crippen LogP contribution in [0.15, 0.2) is 18.2 Å². The quantitative estimate of drug-likeness (QED) is 0.900. The van der Waals surface area contributed by atoms with Crippen molar-refractivity contribution in [2.75, 3.05) is 31.1 Å². The Hall–Kier alpha value is -1.06. The van der Waals surface area contributed by atoms with Crippen molar-refractivity contribution in [3.8, 4) is 0 Å². The fourth-order valence-electron chi connectivity index (χ4n) is 3.61. The van der Waals surface area contributed by atoms with Crippen LogP contribution in [-0.4, -0.2) is 32.3 Å². The number of aryl methyl sites for hydroxylation is 1. The number of hydrogen-bond acceptors (Lipinski definition) is 3. The predicted molar refractivity (Wildman–Crippen MR) is 88.0 cm³/mol. The van der Waals surface area contributed by atoms with Crippen LogP contribution in [-0.2, 0) is 11.2 Å². The number of fused-ring (bicyclic) bond motifs is 1. The van der Waals surface area contributed by atoms with Crippen molar-refractivity contribution in [3.05, 3.63) is 29.3 Å². The third-order valence-electron chi connectivity index (χ3n) is 4.78. The molecule has 0 bridgehead atoms. The van der Waals surface area contributed by atoms with Crippen molar-refractivity contribution in [1.82, 2.24) is 5.32 Å². The maximum atomic E-state index is 5.81. The number of hydrogen-bond donors (Lipinski definition) is 1. The average molecular weight is 288 g/mol. The highest BCUT2D eigenvalue weighted by Crippen LogP contribution is 2.30. The highest BCUT2D eigenvalue weighted by atomic mass is 16.5. The Kier molecular flexibility index (Phi) is 4.81. The molecule has 1 fully saturated rings. The molecule has 0 aliphatic carbocycles. The van der Waals surface area contributed by atoms with E-state index >= 15 is 0 Å². The molecule has 1 saturated heterocycles. The minimum absolute atomic E-state index is 0.439. The lowest BCUT2D eigenvalue weighted by molar-refractivity contribution is 0.115. The second kappa shape index (κ2) is 6.80. The summed E-state index contributed by atoms with van der Waals surface area (Å²) >= 11 is 0. The first kappa shape index (κ1) is 14.9. The van der Waals surface area contributed by atoms with E-state index < -0.39 is 0 Å². The van der Waals surface area contributed by atoms with Crippen molar-refractivity contribution in [3.63, 3.8) is 0 Å². The molecule has 21 heavy (non-hydrogen) atoms. The first-order valence-electron chi connectivity index (χ1n) is 8.50. The number of benzene rings is 1. The molecule has 3 heteroatoms. The number of nitrogens with zero attached hydrogens (tertiary/aromatic N) is 1. The largest absolute Gasteiger partial charge is 0.376 e. The van der Waals surface area contributed by atoms with Gasteiger partial charge in [0, 0.05) is 31.4 Å². The molecule has 3 nitrogen and oxygen atoms in total. The van der Waals surface area contributed by atoms with E-state index in [1.807, 2.05) is 0 Å². The molecule has 3 rings (SSSR count). The Morgan fingerprint density at radius 2 is 2.29 bits per heavy atom. The van der Waals surface area contributed by atoms with Gasteiger partial charge in [0.25, 0.3) is 0 Å². The van der Waals surface area contributed by atoms with Crippen LogP contribution < -0.4 is 10.2 Å². The van der Waals surface area contributed by atoms with E-state index in [0.717, 1.165) is 19.7 Å². The van der Waals surface area contributed by atoms with E-state index in [-0.39, 0.29) is 0 Å². The summed E-state index contributed by atoms with van der Waals surface area (Å²) in [6.45, 7) is 8.62. The Morgan fingerprint density at radius 1 is 1.38 bits per heavy atom. The summed E-state index contributed by atoms with van der Waals surface area (Å²) in [5.74, 6) is 0. The zero-order valence-corrected chi connectivity index (χ0v) is 13.4. The van der Waals surface area contributed by atoms with Crippen LogP contribution in [0.25, 0.3) is 0 Å². The molecular weight excluding hydrogens is 260 g/mol. The normalized spacial score (nSPS) is 23.1. The van der Waals surface area contributed by atoms with Gasteiger partial charge in [-0.25, -0.2) is 0 Å². The predicted octanol–water partition coefficient (Wildman–Crippen LogP) is 3.29. The Bertz CT molecular complexity index is 468. The summed E-state index contributed by atoms with van der Waals surface area (Å²) < 4.78 is 5.81. The van der Waals surface area contributed by atoms with Crippen LogP contribution in [0.4, 0.5) is 5.69 Å². The fraction of sp³-hybridized carbons (Fsp3) is 0.667. The topological polar surface area (TPSA) is 24.5 Å². The van der Waals surface area contributed by atoms with Crippen molar-refractivity contribution < 1.29 is 4.74 Å². The molecular formula is C18H28N2O. The van der Waals surface area contributed by atoms with Crippen LogP contribution in [0.3, 0.4) is 0 Å². The molecule has 1 aromatic carbocycles. The third-order valence-corrected chi connectivity index (χ3v) is 4.78. The zero-order valence-electron chi connectivity index (χ0n) is 13.4. The third kappa shape index (κ3) is 3.41. The average Bonchev–Trinajstić information content (AvgIpc) is 3.00. The van der Waals surface area contributed by atoms with Gasteiger partial charge in [0.05, 0.1) is 6.10 Å². The smallest absolute Gasteiger partial charge is 0.0750 e. The van der Waals surface area contributed by atoms with E-state index in [2.05, 4.69) is 42.3 Å². The maximum absolute atomic E-state index is 5.81. The van der Waals surface area contributed by atoms with Gasteiger partial charge >= 0.3 is 0 Å². The second-order valence-electron chi connectivity index (χ2n) is 6.35. The van der Waals surface area contributed by atoms with Crippen molar-refractivity contribution >= 4 is 5.69 Å². The van der Waals surface area contributed by atoms with E-state index in [9.17, 15) is 0 Å². The molecule has 0 spiro atoms. The van der Waals surface area contributed by atoms with E-state index in [0.29, 0.717) is 12.1 Å². The van der Waals surface area contributed by atoms with Crippen molar-refractivity contribution in [2.45, 2.75) is 51.7 Å². The summed E-state index contributed by atoms with van der Waals surface area (Å²) in [5.41, 5.74) is 4.36. The monoisotopic (exact) mass is 288 g/mol. The SMILES string of the molecule is CCNC(C)c1ccc2c(c1)CCCN2CC1CCCO1. The van der Waals surface area contributed by atoms with Crippen molar-refractivity contribution in [2.24, 2.45) is 0 Å². The fourth-order valence-corrected chi connectivity index (χ4v) is 3.61. The van der Waals surface area contributed by atoms with Gasteiger partial charge < -0.3 is 15.0 Å². The molecule has 0 amide bonds. The van der Waals surface area contributed by atoms with Crippen LogP contribution >= 0.6 is 0 Å². The van der Waals surface area contributed by atoms with E-state index in [1.54, 1.807) is 0 Å². The Morgan fingerprint density at radius 3 is 3.05 bits per heavy atom. The zero-order chi connectivity index (χ0) is 14.7. The summed E-state index contributed by atoms with van der Waals surface area (Å²) in [7, 11) is 0. The summed E-state index contributed by atoms with van der Waals surface area (Å²) in [6.07, 6.45) is 5.37. The first-order chi connectivity index (χ1) is 10.3. The summed E-state index contributed by atoms with van der Waals surface area (Å²) in [6, 6.07) is 7.46. The van der Waals surface area contributed by atoms with Gasteiger partial charge in [0.15, 0.2) is 0 Å². The van der Waals surface area contributed by atoms with Gasteiger partial charge in [0.2, 0.25) is 0 Å². The molecule has 116 valence electrons. The number of nitrogens with one attached hydrogen (secondary N) is 1. The van der Waals surface area contributed by atoms with Gasteiger partial charge in [-0.1, -0.05) is 19.1 Å². The Balaban J connectivity index is 1.75. The van der Waals surface area contributed by atoms with Crippen LogP contribution in [0.2, 0.25) is 0 Å². The highest BCUT2D eigenvalue weighted by Gasteiger charge is 2.23. The van der Waals surface area contributed by atoms with Crippen LogP contribution in [0.5, 0.6) is 0 Å². The molecule has 1 N–H and O–H groups in total.